The molecule has 0 radical (unpaired) electrons. The predicted molar refractivity (Wildman–Crippen MR) is 56.9 cm³/mol. The number of hydrogen-bond donors (Lipinski definition) is 0. The third-order valence-electron chi connectivity index (χ3n) is 1.94. The SMILES string of the molecule is Cl/C(=N/C1CC1)c1ccccc1Cl. The van der Waals surface area contributed by atoms with Gasteiger partial charge >= 0.3 is 0 Å². The van der Waals surface area contributed by atoms with E-state index in [9.17, 15) is 0 Å². The normalized spacial score (nSPS) is 17.5. The van der Waals surface area contributed by atoms with E-state index in [4.69, 9.17) is 23.2 Å². The van der Waals surface area contributed by atoms with Gasteiger partial charge < -0.3 is 0 Å². The molecule has 1 fully saturated rings. The lowest BCUT2D eigenvalue weighted by atomic mass is 10.2. The molecular weight excluding hydrogens is 205 g/mol. The Bertz CT molecular complexity index is 343. The molecule has 0 unspecified atom stereocenters. The fourth-order valence-corrected chi connectivity index (χ4v) is 1.64. The zero-order valence-electron chi connectivity index (χ0n) is 7.00. The molecule has 0 bridgehead atoms. The van der Waals surface area contributed by atoms with Gasteiger partial charge in [0, 0.05) is 5.56 Å². The Morgan fingerprint density at radius 1 is 1.31 bits per heavy atom. The quantitative estimate of drug-likeness (QED) is 0.668. The van der Waals surface area contributed by atoms with Gasteiger partial charge in [0.2, 0.25) is 0 Å². The average molecular weight is 214 g/mol. The molecule has 68 valence electrons. The summed E-state index contributed by atoms with van der Waals surface area (Å²) in [7, 11) is 0. The summed E-state index contributed by atoms with van der Waals surface area (Å²) in [6, 6.07) is 7.93. The van der Waals surface area contributed by atoms with Crippen LogP contribution < -0.4 is 0 Å². The van der Waals surface area contributed by atoms with Gasteiger partial charge in [0.25, 0.3) is 0 Å². The van der Waals surface area contributed by atoms with Crippen molar-refractivity contribution in [2.75, 3.05) is 0 Å². The Morgan fingerprint density at radius 2 is 2.00 bits per heavy atom. The minimum Gasteiger partial charge on any atom is -0.269 e. The Balaban J connectivity index is 2.28. The van der Waals surface area contributed by atoms with Gasteiger partial charge in [-0.05, 0) is 18.9 Å². The van der Waals surface area contributed by atoms with Crippen molar-refractivity contribution < 1.29 is 0 Å². The van der Waals surface area contributed by atoms with Crippen LogP contribution in [0.15, 0.2) is 29.3 Å². The highest BCUT2D eigenvalue weighted by Crippen LogP contribution is 2.26. The van der Waals surface area contributed by atoms with Crippen LogP contribution in [-0.4, -0.2) is 11.2 Å². The van der Waals surface area contributed by atoms with Crippen LogP contribution in [0.25, 0.3) is 0 Å². The lowest BCUT2D eigenvalue weighted by Crippen LogP contribution is -1.93. The van der Waals surface area contributed by atoms with Crippen molar-refractivity contribution >= 4 is 28.4 Å². The van der Waals surface area contributed by atoms with Crippen LogP contribution in [0, 0.1) is 0 Å². The lowest BCUT2D eigenvalue weighted by Gasteiger charge is -2.00. The highest BCUT2D eigenvalue weighted by atomic mass is 35.5. The maximum Gasteiger partial charge on any atom is 0.132 e. The van der Waals surface area contributed by atoms with E-state index in [0.717, 1.165) is 18.4 Å². The lowest BCUT2D eigenvalue weighted by molar-refractivity contribution is 1.07. The summed E-state index contributed by atoms with van der Waals surface area (Å²) in [6.07, 6.45) is 2.31. The molecule has 1 aliphatic carbocycles. The van der Waals surface area contributed by atoms with Crippen LogP contribution in [0.3, 0.4) is 0 Å². The molecule has 2 rings (SSSR count). The largest absolute Gasteiger partial charge is 0.269 e. The van der Waals surface area contributed by atoms with Crippen LogP contribution in [0.1, 0.15) is 18.4 Å². The number of benzene rings is 1. The van der Waals surface area contributed by atoms with Crippen LogP contribution in [0.2, 0.25) is 5.02 Å². The minimum atomic E-state index is 0.434. The van der Waals surface area contributed by atoms with E-state index in [1.54, 1.807) is 0 Å². The van der Waals surface area contributed by atoms with Gasteiger partial charge in [-0.1, -0.05) is 41.4 Å². The number of rotatable bonds is 2. The molecule has 0 heterocycles. The van der Waals surface area contributed by atoms with Crippen LogP contribution >= 0.6 is 23.2 Å². The Morgan fingerprint density at radius 3 is 2.62 bits per heavy atom. The molecule has 0 aromatic heterocycles. The molecule has 3 heteroatoms. The van der Waals surface area contributed by atoms with Gasteiger partial charge in [0.1, 0.15) is 5.17 Å². The molecule has 1 aliphatic rings. The fourth-order valence-electron chi connectivity index (χ4n) is 1.06. The Kier molecular flexibility index (Phi) is 2.56. The Hall–Kier alpha value is -0.530. The van der Waals surface area contributed by atoms with Crippen LogP contribution in [-0.2, 0) is 0 Å². The smallest absolute Gasteiger partial charge is 0.132 e. The molecule has 13 heavy (non-hydrogen) atoms. The summed E-state index contributed by atoms with van der Waals surface area (Å²) < 4.78 is 0. The highest BCUT2D eigenvalue weighted by molar-refractivity contribution is 6.70. The minimum absolute atomic E-state index is 0.434. The number of hydrogen-bond acceptors (Lipinski definition) is 1. The van der Waals surface area contributed by atoms with Crippen LogP contribution in [0.5, 0.6) is 0 Å². The first-order valence-corrected chi connectivity index (χ1v) is 5.01. The molecule has 0 aliphatic heterocycles. The summed E-state index contributed by atoms with van der Waals surface area (Å²) in [5, 5.41) is 1.20. The molecule has 1 aromatic rings. The molecule has 1 saturated carbocycles. The standard InChI is InChI=1S/C10H9Cl2N/c11-9-4-2-1-3-8(9)10(12)13-7-5-6-7/h1-4,7H,5-6H2/b13-10+. The molecule has 0 N–H and O–H groups in total. The molecule has 0 spiro atoms. The van der Waals surface area contributed by atoms with Crippen molar-refractivity contribution in [2.45, 2.75) is 18.9 Å². The van der Waals surface area contributed by atoms with Gasteiger partial charge in [0.05, 0.1) is 11.1 Å². The maximum absolute atomic E-state index is 6.01. The molecule has 0 amide bonds. The first kappa shape index (κ1) is 9.04. The molecule has 1 aromatic carbocycles. The van der Waals surface area contributed by atoms with Crippen molar-refractivity contribution in [3.63, 3.8) is 0 Å². The summed E-state index contributed by atoms with van der Waals surface area (Å²) in [5.41, 5.74) is 0.831. The maximum atomic E-state index is 6.01. The topological polar surface area (TPSA) is 12.4 Å². The monoisotopic (exact) mass is 213 g/mol. The third-order valence-corrected chi connectivity index (χ3v) is 2.57. The zero-order valence-corrected chi connectivity index (χ0v) is 8.52. The van der Waals surface area contributed by atoms with Gasteiger partial charge in [-0.2, -0.15) is 0 Å². The van der Waals surface area contributed by atoms with E-state index in [2.05, 4.69) is 4.99 Å². The second-order valence-corrected chi connectivity index (χ2v) is 3.90. The predicted octanol–water partition coefficient (Wildman–Crippen LogP) is 3.49. The summed E-state index contributed by atoms with van der Waals surface area (Å²) in [6.45, 7) is 0. The van der Waals surface area contributed by atoms with Crippen LogP contribution in [0.4, 0.5) is 0 Å². The van der Waals surface area contributed by atoms with Gasteiger partial charge in [-0.15, -0.1) is 0 Å². The molecule has 1 nitrogen and oxygen atoms in total. The van der Waals surface area contributed by atoms with Crippen molar-refractivity contribution in [1.29, 1.82) is 0 Å². The van der Waals surface area contributed by atoms with Gasteiger partial charge in [-0.25, -0.2) is 0 Å². The average Bonchev–Trinajstić information content (AvgIpc) is 2.89. The zero-order chi connectivity index (χ0) is 9.26. The van der Waals surface area contributed by atoms with Crippen molar-refractivity contribution in [3.05, 3.63) is 34.9 Å². The van der Waals surface area contributed by atoms with E-state index in [1.165, 1.54) is 0 Å². The first-order valence-electron chi connectivity index (χ1n) is 4.25. The molecular formula is C10H9Cl2N. The second kappa shape index (κ2) is 3.69. The Labute approximate surface area is 87.4 Å². The molecule has 0 atom stereocenters. The summed E-state index contributed by atoms with van der Waals surface area (Å²) in [5.74, 6) is 0. The number of halogens is 2. The van der Waals surface area contributed by atoms with E-state index in [1.807, 2.05) is 24.3 Å². The third kappa shape index (κ3) is 2.23. The van der Waals surface area contributed by atoms with Crippen molar-refractivity contribution in [2.24, 2.45) is 4.99 Å². The van der Waals surface area contributed by atoms with Gasteiger partial charge in [-0.3, -0.25) is 4.99 Å². The fraction of sp³-hybridized carbons (Fsp3) is 0.300. The van der Waals surface area contributed by atoms with E-state index < -0.39 is 0 Å². The first-order chi connectivity index (χ1) is 6.27. The van der Waals surface area contributed by atoms with E-state index in [-0.39, 0.29) is 0 Å². The summed E-state index contributed by atoms with van der Waals surface area (Å²) in [4.78, 5) is 4.32. The van der Waals surface area contributed by atoms with E-state index in [0.29, 0.717) is 16.2 Å². The highest BCUT2D eigenvalue weighted by Gasteiger charge is 2.21. The van der Waals surface area contributed by atoms with E-state index >= 15 is 0 Å². The van der Waals surface area contributed by atoms with Gasteiger partial charge in [0.15, 0.2) is 0 Å². The number of nitrogens with zero attached hydrogens (tertiary/aromatic N) is 1. The summed E-state index contributed by atoms with van der Waals surface area (Å²) >= 11 is 12.0. The van der Waals surface area contributed by atoms with Crippen molar-refractivity contribution in [1.82, 2.24) is 0 Å². The van der Waals surface area contributed by atoms with Crippen molar-refractivity contribution in [3.8, 4) is 0 Å². The number of aliphatic imine (C=N–C) groups is 1. The second-order valence-electron chi connectivity index (χ2n) is 3.13. The molecule has 0 saturated heterocycles.